The number of phenolic OH excluding ortho intramolecular Hbond substituents is 1. The maximum Gasteiger partial charge on any atom is 0.460 e. The molecule has 0 spiro atoms. The van der Waals surface area contributed by atoms with Crippen molar-refractivity contribution in [1.29, 1.82) is 0 Å². The Morgan fingerprint density at radius 1 is 1.18 bits per heavy atom. The molecule has 8 heteroatoms. The van der Waals surface area contributed by atoms with Gasteiger partial charge in [0.25, 0.3) is 0 Å². The Hall–Kier alpha value is -3.28. The molecule has 33 heavy (non-hydrogen) atoms. The first-order chi connectivity index (χ1) is 15.6. The molecule has 2 aliphatic heterocycles. The zero-order chi connectivity index (χ0) is 23.5. The minimum Gasteiger partial charge on any atom is -0.507 e. The fourth-order valence-corrected chi connectivity index (χ4v) is 4.63. The maximum atomic E-state index is 13.6. The van der Waals surface area contributed by atoms with Crippen LogP contribution < -0.4 is 19.2 Å². The van der Waals surface area contributed by atoms with Crippen molar-refractivity contribution in [2.24, 2.45) is 0 Å². The average molecular weight is 466 g/mol. The zero-order valence-electron chi connectivity index (χ0n) is 18.6. The Bertz CT molecular complexity index is 1410. The number of allylic oxidation sites excluding steroid dienone is 2. The largest absolute Gasteiger partial charge is 0.507 e. The number of fused-ring (bicyclic) bond motifs is 4. The highest BCUT2D eigenvalue weighted by atomic mass is 31.2. The molecule has 3 heterocycles. The van der Waals surface area contributed by atoms with Crippen LogP contribution in [0.15, 0.2) is 51.4 Å². The summed E-state index contributed by atoms with van der Waals surface area (Å²) >= 11 is 0. The van der Waals surface area contributed by atoms with Crippen LogP contribution in [-0.4, -0.2) is 15.6 Å². The first-order valence-corrected chi connectivity index (χ1v) is 11.6. The lowest BCUT2D eigenvalue weighted by Crippen LogP contribution is -2.28. The van der Waals surface area contributed by atoms with Crippen LogP contribution in [0, 0.1) is 0 Å². The summed E-state index contributed by atoms with van der Waals surface area (Å²) < 4.78 is 22.6. The first-order valence-electron chi connectivity index (χ1n) is 10.5. The summed E-state index contributed by atoms with van der Waals surface area (Å²) in [5.74, 6) is 1.12. The number of hydrogen-bond donors (Lipinski definition) is 2. The highest BCUT2D eigenvalue weighted by molar-refractivity contribution is 7.41. The van der Waals surface area contributed by atoms with Crippen LogP contribution in [0.25, 0.3) is 28.2 Å². The van der Waals surface area contributed by atoms with Gasteiger partial charge in [-0.3, -0.25) is 4.79 Å². The topological polar surface area (TPSA) is 98.4 Å². The van der Waals surface area contributed by atoms with Crippen molar-refractivity contribution < 1.29 is 28.2 Å². The smallest absolute Gasteiger partial charge is 0.460 e. The number of rotatable bonds is 3. The molecule has 1 aromatic heterocycles. The second-order valence-electron chi connectivity index (χ2n) is 8.86. The van der Waals surface area contributed by atoms with Gasteiger partial charge in [0.1, 0.15) is 28.7 Å². The van der Waals surface area contributed by atoms with Gasteiger partial charge < -0.3 is 28.2 Å². The molecule has 2 aliphatic rings. The van der Waals surface area contributed by atoms with Gasteiger partial charge in [0.05, 0.1) is 11.1 Å². The van der Waals surface area contributed by atoms with Crippen LogP contribution >= 0.6 is 8.60 Å². The van der Waals surface area contributed by atoms with Crippen molar-refractivity contribution >= 4 is 25.6 Å². The van der Waals surface area contributed by atoms with E-state index in [4.69, 9.17) is 18.2 Å². The van der Waals surface area contributed by atoms with Gasteiger partial charge in [-0.25, -0.2) is 0 Å². The number of ether oxygens (including phenoxy) is 1. The van der Waals surface area contributed by atoms with Crippen molar-refractivity contribution in [3.05, 3.63) is 63.5 Å². The highest BCUT2D eigenvalue weighted by Crippen LogP contribution is 2.51. The third kappa shape index (κ3) is 3.67. The Balaban J connectivity index is 1.75. The molecular weight excluding hydrogens is 443 g/mol. The van der Waals surface area contributed by atoms with E-state index in [1.165, 1.54) is 6.26 Å². The molecule has 1 atom stereocenters. The van der Waals surface area contributed by atoms with E-state index < -0.39 is 14.2 Å². The minimum absolute atomic E-state index is 0.0958. The van der Waals surface area contributed by atoms with E-state index in [1.54, 1.807) is 18.2 Å². The van der Waals surface area contributed by atoms with Crippen LogP contribution in [-0.2, 0) is 6.42 Å². The average Bonchev–Trinajstić information content (AvgIpc) is 3.11. The van der Waals surface area contributed by atoms with Crippen molar-refractivity contribution in [2.45, 2.75) is 39.7 Å². The van der Waals surface area contributed by atoms with Gasteiger partial charge in [0, 0.05) is 5.56 Å². The molecule has 5 rings (SSSR count). The van der Waals surface area contributed by atoms with Gasteiger partial charge in [-0.1, -0.05) is 17.7 Å². The predicted octanol–water partition coefficient (Wildman–Crippen LogP) is 5.85. The molecule has 3 aromatic rings. The molecule has 0 bridgehead atoms. The monoisotopic (exact) mass is 466 g/mol. The molecule has 0 saturated heterocycles. The molecular formula is C25H23O7P. The first kappa shape index (κ1) is 21.6. The summed E-state index contributed by atoms with van der Waals surface area (Å²) in [6, 6.07) is 4.91. The summed E-state index contributed by atoms with van der Waals surface area (Å²) in [6.07, 6.45) is 7.53. The number of aromatic hydroxyl groups is 1. The number of benzene rings is 2. The van der Waals surface area contributed by atoms with Gasteiger partial charge in [0.2, 0.25) is 5.43 Å². The molecule has 1 unspecified atom stereocenters. The lowest BCUT2D eigenvalue weighted by Gasteiger charge is -2.30. The zero-order valence-corrected chi connectivity index (χ0v) is 19.5. The van der Waals surface area contributed by atoms with E-state index in [9.17, 15) is 14.8 Å². The van der Waals surface area contributed by atoms with E-state index in [0.717, 1.165) is 5.57 Å². The standard InChI is InChI=1S/C25H23O7P/c1-13(2)5-7-15-21(26)20-22(27)17(14-6-8-18-19(11-14)32-33(28)31-18)12-29-24(20)16-9-10-25(3,4)30-23(15)16/h5-6,8-12,26,28H,7H2,1-4H3. The molecule has 170 valence electrons. The summed E-state index contributed by atoms with van der Waals surface area (Å²) in [4.78, 5) is 23.2. The lowest BCUT2D eigenvalue weighted by molar-refractivity contribution is 0.157. The van der Waals surface area contributed by atoms with Gasteiger partial charge in [-0.05, 0) is 64.0 Å². The van der Waals surface area contributed by atoms with E-state index in [2.05, 4.69) is 0 Å². The van der Waals surface area contributed by atoms with Gasteiger partial charge in [-0.2, -0.15) is 0 Å². The van der Waals surface area contributed by atoms with Crippen LogP contribution in [0.5, 0.6) is 23.0 Å². The highest BCUT2D eigenvalue weighted by Gasteiger charge is 2.31. The fourth-order valence-electron chi connectivity index (χ4n) is 3.96. The van der Waals surface area contributed by atoms with E-state index in [0.29, 0.717) is 40.4 Å². The van der Waals surface area contributed by atoms with Crippen LogP contribution in [0.2, 0.25) is 0 Å². The third-order valence-electron chi connectivity index (χ3n) is 5.62. The Morgan fingerprint density at radius 2 is 1.94 bits per heavy atom. The van der Waals surface area contributed by atoms with Gasteiger partial charge in [0.15, 0.2) is 17.1 Å². The van der Waals surface area contributed by atoms with Crippen LogP contribution in [0.3, 0.4) is 0 Å². The Kier molecular flexibility index (Phi) is 5.00. The second kappa shape index (κ2) is 7.65. The van der Waals surface area contributed by atoms with Crippen molar-refractivity contribution in [3.8, 4) is 34.1 Å². The molecule has 0 aliphatic carbocycles. The van der Waals surface area contributed by atoms with E-state index >= 15 is 0 Å². The van der Waals surface area contributed by atoms with Crippen molar-refractivity contribution in [1.82, 2.24) is 0 Å². The second-order valence-corrected chi connectivity index (χ2v) is 9.70. The molecule has 0 saturated carbocycles. The Labute approximate surface area is 191 Å². The van der Waals surface area contributed by atoms with E-state index in [-0.39, 0.29) is 27.7 Å². The van der Waals surface area contributed by atoms with Crippen LogP contribution in [0.4, 0.5) is 0 Å². The minimum atomic E-state index is -2.01. The maximum absolute atomic E-state index is 13.6. The SMILES string of the molecule is CC(C)=CCc1c2c(c3occ(-c4ccc5c(c4)OP(O)O5)c(=O)c3c1O)C=CC(C)(C)O2. The van der Waals surface area contributed by atoms with Gasteiger partial charge >= 0.3 is 8.60 Å². The summed E-state index contributed by atoms with van der Waals surface area (Å²) in [5.41, 5.74) is 2.35. The quantitative estimate of drug-likeness (QED) is 0.369. The molecule has 7 nitrogen and oxygen atoms in total. The fraction of sp³-hybridized carbons (Fsp3) is 0.240. The summed E-state index contributed by atoms with van der Waals surface area (Å²) in [6.45, 7) is 7.80. The van der Waals surface area contributed by atoms with Gasteiger partial charge in [-0.15, -0.1) is 0 Å². The molecule has 2 N–H and O–H groups in total. The summed E-state index contributed by atoms with van der Waals surface area (Å²) in [5, 5.41) is 11.4. The normalized spacial score (nSPS) is 17.5. The van der Waals surface area contributed by atoms with Crippen molar-refractivity contribution in [2.75, 3.05) is 0 Å². The Morgan fingerprint density at radius 3 is 2.70 bits per heavy atom. The van der Waals surface area contributed by atoms with Crippen molar-refractivity contribution in [3.63, 3.8) is 0 Å². The predicted molar refractivity (Wildman–Crippen MR) is 127 cm³/mol. The molecule has 0 amide bonds. The van der Waals surface area contributed by atoms with E-state index in [1.807, 2.05) is 45.9 Å². The number of hydrogen-bond acceptors (Lipinski definition) is 7. The molecule has 2 aromatic carbocycles. The lowest BCUT2D eigenvalue weighted by atomic mass is 9.93. The van der Waals surface area contributed by atoms with Crippen LogP contribution in [0.1, 0.15) is 38.8 Å². The summed E-state index contributed by atoms with van der Waals surface area (Å²) in [7, 11) is -2.01. The molecule has 0 fully saturated rings. The third-order valence-corrected chi connectivity index (χ3v) is 6.32. The number of phenols is 1. The molecule has 0 radical (unpaired) electrons.